The lowest BCUT2D eigenvalue weighted by molar-refractivity contribution is -0.0167. The van der Waals surface area contributed by atoms with Gasteiger partial charge in [-0.25, -0.2) is 4.39 Å². The van der Waals surface area contributed by atoms with E-state index in [2.05, 4.69) is 10.4 Å². The fourth-order valence-corrected chi connectivity index (χ4v) is 6.58. The van der Waals surface area contributed by atoms with E-state index in [0.717, 1.165) is 47.9 Å². The Morgan fingerprint density at radius 3 is 2.52 bits per heavy atom. The molecule has 1 heterocycles. The quantitative estimate of drug-likeness (QED) is 0.743. The smallest absolute Gasteiger partial charge is 0.272 e. The third-order valence-corrected chi connectivity index (χ3v) is 7.38. The predicted octanol–water partition coefficient (Wildman–Crippen LogP) is 3.85. The minimum absolute atomic E-state index is 0.0397. The molecule has 4 aliphatic rings. The topological polar surface area (TPSA) is 67.2 Å². The second-order valence-corrected chi connectivity index (χ2v) is 9.69. The fraction of sp³-hybridized carbons (Fsp3) is 0.652. The molecule has 5 nitrogen and oxygen atoms in total. The van der Waals surface area contributed by atoms with E-state index in [4.69, 9.17) is 0 Å². The van der Waals surface area contributed by atoms with Crippen molar-refractivity contribution in [3.05, 3.63) is 30.0 Å². The molecule has 29 heavy (non-hydrogen) atoms. The van der Waals surface area contributed by atoms with E-state index in [1.807, 2.05) is 28.9 Å². The molecule has 156 valence electrons. The lowest BCUT2D eigenvalue weighted by Crippen LogP contribution is -2.59. The van der Waals surface area contributed by atoms with Crippen molar-refractivity contribution in [3.63, 3.8) is 0 Å². The molecular formula is C23H30FN3O2. The molecule has 2 N–H and O–H groups in total. The van der Waals surface area contributed by atoms with Crippen LogP contribution in [-0.2, 0) is 6.54 Å². The molecular weight excluding hydrogens is 369 g/mol. The molecule has 0 spiro atoms. The average molecular weight is 400 g/mol. The molecule has 6 heteroatoms. The van der Waals surface area contributed by atoms with Crippen LogP contribution in [0.2, 0.25) is 0 Å². The Hall–Kier alpha value is -1.95. The molecule has 2 aromatic rings. The minimum atomic E-state index is -0.921. The van der Waals surface area contributed by atoms with Gasteiger partial charge in [0.15, 0.2) is 5.69 Å². The van der Waals surface area contributed by atoms with Gasteiger partial charge in [0.1, 0.15) is 6.67 Å². The summed E-state index contributed by atoms with van der Waals surface area (Å²) < 4.78 is 14.3. The number of alkyl halides is 1. The van der Waals surface area contributed by atoms with Crippen LogP contribution in [-0.4, -0.2) is 39.1 Å². The number of fused-ring (bicyclic) bond motifs is 1. The van der Waals surface area contributed by atoms with Gasteiger partial charge in [0.2, 0.25) is 0 Å². The van der Waals surface area contributed by atoms with Crippen LogP contribution in [0.1, 0.15) is 61.9 Å². The number of aromatic nitrogens is 2. The maximum absolute atomic E-state index is 13.3. The summed E-state index contributed by atoms with van der Waals surface area (Å²) in [5.74, 6) is 2.26. The van der Waals surface area contributed by atoms with E-state index in [1.165, 1.54) is 19.3 Å². The summed E-state index contributed by atoms with van der Waals surface area (Å²) in [7, 11) is 0. The predicted molar refractivity (Wildman–Crippen MR) is 109 cm³/mol. The number of nitrogens with one attached hydrogen (secondary N) is 1. The summed E-state index contributed by atoms with van der Waals surface area (Å²) >= 11 is 0. The van der Waals surface area contributed by atoms with Crippen molar-refractivity contribution in [3.8, 4) is 0 Å². The number of benzene rings is 1. The summed E-state index contributed by atoms with van der Waals surface area (Å²) in [4.78, 5) is 13.3. The highest BCUT2D eigenvalue weighted by molar-refractivity contribution is 6.05. The number of nitrogens with zero attached hydrogens (tertiary/aromatic N) is 2. The van der Waals surface area contributed by atoms with E-state index in [0.29, 0.717) is 25.1 Å². The van der Waals surface area contributed by atoms with Crippen molar-refractivity contribution in [2.24, 2.45) is 17.8 Å². The third-order valence-electron chi connectivity index (χ3n) is 7.38. The summed E-state index contributed by atoms with van der Waals surface area (Å²) in [6.45, 7) is -0.166. The van der Waals surface area contributed by atoms with E-state index < -0.39 is 12.8 Å². The van der Waals surface area contributed by atoms with Crippen molar-refractivity contribution in [1.82, 2.24) is 15.1 Å². The zero-order valence-electron chi connectivity index (χ0n) is 16.8. The number of hydrogen-bond donors (Lipinski definition) is 2. The van der Waals surface area contributed by atoms with Crippen LogP contribution in [0, 0.1) is 17.8 Å². The Labute approximate surface area is 170 Å². The number of carbonyl (C=O) groups is 1. The van der Waals surface area contributed by atoms with Crippen LogP contribution in [0.25, 0.3) is 10.9 Å². The first-order chi connectivity index (χ1) is 14.0. The van der Waals surface area contributed by atoms with Gasteiger partial charge in [-0.1, -0.05) is 18.2 Å². The number of rotatable bonds is 7. The first kappa shape index (κ1) is 19.0. The van der Waals surface area contributed by atoms with Crippen molar-refractivity contribution in [2.75, 3.05) is 6.67 Å². The summed E-state index contributed by atoms with van der Waals surface area (Å²) in [6, 6.07) is 7.79. The highest BCUT2D eigenvalue weighted by Gasteiger charge is 2.51. The first-order valence-electron chi connectivity index (χ1n) is 11.1. The van der Waals surface area contributed by atoms with Crippen LogP contribution in [0.5, 0.6) is 0 Å². The number of aryl methyl sites for hydroxylation is 1. The van der Waals surface area contributed by atoms with Crippen molar-refractivity contribution in [1.29, 1.82) is 0 Å². The van der Waals surface area contributed by atoms with Crippen molar-refractivity contribution in [2.45, 2.75) is 69.6 Å². The monoisotopic (exact) mass is 399 g/mol. The van der Waals surface area contributed by atoms with E-state index in [1.54, 1.807) is 0 Å². The van der Waals surface area contributed by atoms with Gasteiger partial charge in [0.05, 0.1) is 11.6 Å². The largest absolute Gasteiger partial charge is 0.390 e. The normalized spacial score (nSPS) is 31.3. The number of aliphatic hydroxyl groups excluding tert-OH is 1. The number of hydrogen-bond acceptors (Lipinski definition) is 3. The Bertz CT molecular complexity index is 873. The van der Waals surface area contributed by atoms with E-state index in [-0.39, 0.29) is 11.4 Å². The Morgan fingerprint density at radius 1 is 1.21 bits per heavy atom. The van der Waals surface area contributed by atoms with Gasteiger partial charge >= 0.3 is 0 Å². The summed E-state index contributed by atoms with van der Waals surface area (Å²) in [6.07, 6.45) is 7.47. The number of aliphatic hydroxyl groups is 1. The van der Waals surface area contributed by atoms with E-state index in [9.17, 15) is 14.3 Å². The lowest BCUT2D eigenvalue weighted by Gasteiger charge is -2.56. The van der Waals surface area contributed by atoms with Gasteiger partial charge in [-0.2, -0.15) is 5.10 Å². The van der Waals surface area contributed by atoms with Gasteiger partial charge in [0.25, 0.3) is 5.91 Å². The number of halogens is 1. The maximum Gasteiger partial charge on any atom is 0.272 e. The molecule has 6 rings (SSSR count). The molecule has 4 saturated carbocycles. The molecule has 1 amide bonds. The SMILES string of the molecule is O=C(NC12CC3CC(CC(C3)C1)C2)c1nn(CCC[C@H](O)CF)c2ccccc12. The second-order valence-electron chi connectivity index (χ2n) is 9.69. The summed E-state index contributed by atoms with van der Waals surface area (Å²) in [5.41, 5.74) is 1.36. The zero-order chi connectivity index (χ0) is 20.0. The molecule has 4 aliphatic carbocycles. The number of amides is 1. The number of carbonyl (C=O) groups excluding carboxylic acids is 1. The van der Waals surface area contributed by atoms with Crippen LogP contribution in [0.15, 0.2) is 24.3 Å². The molecule has 1 aromatic carbocycles. The highest BCUT2D eigenvalue weighted by Crippen LogP contribution is 2.55. The molecule has 0 saturated heterocycles. The molecule has 4 fully saturated rings. The third kappa shape index (κ3) is 3.56. The van der Waals surface area contributed by atoms with Crippen LogP contribution in [0.4, 0.5) is 4.39 Å². The first-order valence-corrected chi connectivity index (χ1v) is 11.1. The van der Waals surface area contributed by atoms with Gasteiger partial charge in [-0.15, -0.1) is 0 Å². The fourth-order valence-electron chi connectivity index (χ4n) is 6.58. The number of para-hydroxylation sites is 1. The van der Waals surface area contributed by atoms with Crippen LogP contribution < -0.4 is 5.32 Å². The molecule has 0 unspecified atom stereocenters. The van der Waals surface area contributed by atoms with E-state index >= 15 is 0 Å². The standard InChI is InChI=1S/C23H30FN3O2/c24-14-18(28)4-3-7-27-20-6-2-1-5-19(20)21(26-27)22(29)25-23-11-15-8-16(12-23)10-17(9-15)13-23/h1-2,5-6,15-18,28H,3-4,7-14H2,(H,25,29)/t15?,16?,17?,18-,23?/m0/s1. The maximum atomic E-state index is 13.3. The second kappa shape index (κ2) is 7.38. The molecule has 0 aliphatic heterocycles. The molecule has 0 radical (unpaired) electrons. The van der Waals surface area contributed by atoms with Gasteiger partial charge < -0.3 is 10.4 Å². The molecule has 1 atom stereocenters. The van der Waals surface area contributed by atoms with Gasteiger partial charge in [-0.3, -0.25) is 9.48 Å². The van der Waals surface area contributed by atoms with Gasteiger partial charge in [-0.05, 0) is 75.2 Å². The highest BCUT2D eigenvalue weighted by atomic mass is 19.1. The zero-order valence-corrected chi connectivity index (χ0v) is 16.8. The average Bonchev–Trinajstić information content (AvgIpc) is 3.05. The Kier molecular flexibility index (Phi) is 4.85. The Balaban J connectivity index is 1.36. The summed E-state index contributed by atoms with van der Waals surface area (Å²) in [5, 5.41) is 18.4. The molecule has 1 aromatic heterocycles. The minimum Gasteiger partial charge on any atom is -0.390 e. The van der Waals surface area contributed by atoms with Crippen molar-refractivity contribution >= 4 is 16.8 Å². The van der Waals surface area contributed by atoms with Crippen molar-refractivity contribution < 1.29 is 14.3 Å². The lowest BCUT2D eigenvalue weighted by atomic mass is 9.53. The van der Waals surface area contributed by atoms with Crippen LogP contribution in [0.3, 0.4) is 0 Å². The van der Waals surface area contributed by atoms with Gasteiger partial charge in [0, 0.05) is 17.5 Å². The molecule has 4 bridgehead atoms. The Morgan fingerprint density at radius 2 is 1.86 bits per heavy atom. The van der Waals surface area contributed by atoms with Crippen LogP contribution >= 0.6 is 0 Å².